The summed E-state index contributed by atoms with van der Waals surface area (Å²) in [7, 11) is 0. The lowest BCUT2D eigenvalue weighted by Gasteiger charge is -2.39. The summed E-state index contributed by atoms with van der Waals surface area (Å²) in [5, 5.41) is 40.1. The Hall–Kier alpha value is -2.37. The van der Waals surface area contributed by atoms with Crippen LogP contribution in [-0.2, 0) is 23.7 Å². The quantitative estimate of drug-likeness (QED) is 0.0275. The molecule has 1 aliphatic rings. The number of allylic oxidation sites excluding steroid dienone is 12. The highest BCUT2D eigenvalue weighted by atomic mass is 16.7. The van der Waals surface area contributed by atoms with Crippen molar-refractivity contribution in [1.29, 1.82) is 0 Å². The van der Waals surface area contributed by atoms with Crippen molar-refractivity contribution < 1.29 is 44.2 Å². The molecule has 0 saturated carbocycles. The predicted octanol–water partition coefficient (Wildman–Crippen LogP) is 10.1. The van der Waals surface area contributed by atoms with Gasteiger partial charge in [-0.2, -0.15) is 0 Å². The molecule has 0 spiro atoms. The van der Waals surface area contributed by atoms with Gasteiger partial charge >= 0.3 is 5.97 Å². The first-order valence-electron chi connectivity index (χ1n) is 22.5. The summed E-state index contributed by atoms with van der Waals surface area (Å²) >= 11 is 0. The number of esters is 1. The van der Waals surface area contributed by atoms with Crippen LogP contribution in [0.25, 0.3) is 0 Å². The summed E-state index contributed by atoms with van der Waals surface area (Å²) < 4.78 is 22.8. The molecule has 0 amide bonds. The molecule has 9 heteroatoms. The molecular weight excluding hydrogens is 721 g/mol. The summed E-state index contributed by atoms with van der Waals surface area (Å²) in [4.78, 5) is 12.8. The topological polar surface area (TPSA) is 135 Å². The summed E-state index contributed by atoms with van der Waals surface area (Å²) in [6, 6.07) is 0. The Balaban J connectivity index is 2.24. The average molecular weight is 803 g/mol. The maximum atomic E-state index is 12.8. The van der Waals surface area contributed by atoms with Gasteiger partial charge in [0.15, 0.2) is 6.29 Å². The minimum absolute atomic E-state index is 0.124. The smallest absolute Gasteiger partial charge is 0.306 e. The van der Waals surface area contributed by atoms with Gasteiger partial charge in [-0.1, -0.05) is 151 Å². The van der Waals surface area contributed by atoms with Gasteiger partial charge in [-0.15, -0.1) is 0 Å². The average Bonchev–Trinajstić information content (AvgIpc) is 3.21. The number of hydrogen-bond acceptors (Lipinski definition) is 9. The summed E-state index contributed by atoms with van der Waals surface area (Å²) in [6.45, 7) is 4.34. The zero-order valence-electron chi connectivity index (χ0n) is 35.8. The number of unbranched alkanes of at least 4 members (excludes halogenated alkanes) is 14. The molecule has 1 heterocycles. The molecule has 9 nitrogen and oxygen atoms in total. The van der Waals surface area contributed by atoms with E-state index in [9.17, 15) is 25.2 Å². The van der Waals surface area contributed by atoms with Crippen LogP contribution in [0.15, 0.2) is 72.9 Å². The molecule has 0 aromatic heterocycles. The maximum Gasteiger partial charge on any atom is 0.306 e. The fourth-order valence-corrected chi connectivity index (χ4v) is 6.34. The zero-order valence-corrected chi connectivity index (χ0v) is 35.8. The molecule has 1 aliphatic heterocycles. The number of rotatable bonds is 37. The third kappa shape index (κ3) is 30.4. The molecule has 0 aromatic carbocycles. The minimum atomic E-state index is -1.54. The van der Waals surface area contributed by atoms with Crippen molar-refractivity contribution in [2.24, 2.45) is 0 Å². The second-order valence-corrected chi connectivity index (χ2v) is 15.1. The van der Waals surface area contributed by atoms with Crippen molar-refractivity contribution in [3.05, 3.63) is 72.9 Å². The van der Waals surface area contributed by atoms with E-state index in [1.807, 2.05) is 0 Å². The van der Waals surface area contributed by atoms with Crippen molar-refractivity contribution in [2.75, 3.05) is 26.4 Å². The Morgan fingerprint density at radius 1 is 0.579 bits per heavy atom. The van der Waals surface area contributed by atoms with Gasteiger partial charge in [-0.25, -0.2) is 0 Å². The first kappa shape index (κ1) is 52.6. The molecule has 57 heavy (non-hydrogen) atoms. The molecule has 4 N–H and O–H groups in total. The van der Waals surface area contributed by atoms with Crippen LogP contribution < -0.4 is 0 Å². The third-order valence-electron chi connectivity index (χ3n) is 9.84. The fraction of sp³-hybridized carbons (Fsp3) is 0.729. The van der Waals surface area contributed by atoms with Crippen molar-refractivity contribution in [3.63, 3.8) is 0 Å². The molecule has 0 radical (unpaired) electrons. The Kier molecular flexibility index (Phi) is 36.1. The van der Waals surface area contributed by atoms with Gasteiger partial charge in [0, 0.05) is 13.0 Å². The van der Waals surface area contributed by atoms with Crippen molar-refractivity contribution in [1.82, 2.24) is 0 Å². The lowest BCUT2D eigenvalue weighted by molar-refractivity contribution is -0.305. The highest BCUT2D eigenvalue weighted by molar-refractivity contribution is 5.69. The maximum absolute atomic E-state index is 12.8. The Morgan fingerprint density at radius 3 is 1.63 bits per heavy atom. The van der Waals surface area contributed by atoms with E-state index in [2.05, 4.69) is 86.8 Å². The number of aliphatic hydroxyl groups excluding tert-OH is 4. The number of aliphatic hydroxyl groups is 4. The predicted molar refractivity (Wildman–Crippen MR) is 233 cm³/mol. The minimum Gasteiger partial charge on any atom is -0.457 e. The van der Waals surface area contributed by atoms with Gasteiger partial charge in [0.25, 0.3) is 0 Å². The highest BCUT2D eigenvalue weighted by Gasteiger charge is 2.44. The molecule has 0 aromatic rings. The van der Waals surface area contributed by atoms with Gasteiger partial charge < -0.3 is 39.4 Å². The van der Waals surface area contributed by atoms with Crippen LogP contribution in [0.3, 0.4) is 0 Å². The highest BCUT2D eigenvalue weighted by Crippen LogP contribution is 2.22. The summed E-state index contributed by atoms with van der Waals surface area (Å²) in [5.74, 6) is -0.331. The van der Waals surface area contributed by atoms with E-state index in [-0.39, 0.29) is 19.2 Å². The molecule has 1 saturated heterocycles. The van der Waals surface area contributed by atoms with Gasteiger partial charge in [-0.3, -0.25) is 4.79 Å². The SMILES string of the molecule is CC/C=C\C/C=C\C/C=C\C/C=C\C/C=C\CCCCCCCCCC(=O)OC(COCCCCCCCC/C=C\CCC)COC1OC(CO)C(O)C(O)C1O. The largest absolute Gasteiger partial charge is 0.457 e. The standard InChI is InChI=1S/C48H82O9/c1-3-5-7-9-11-13-15-16-17-18-19-20-21-22-23-24-25-26-27-29-31-33-35-37-44(50)56-42(41-55-48-47(53)46(52)45(51)43(39-49)57-48)40-54-38-36-34-32-30-28-14-12-10-8-6-4-2/h5,7-8,10-11,13,16-17,19-20,22-23,42-43,45-49,51-53H,3-4,6,9,12,14-15,18,21,24-41H2,1-2H3/b7-5-,10-8-,13-11-,17-16-,20-19-,23-22-. The number of ether oxygens (including phenoxy) is 4. The Morgan fingerprint density at radius 2 is 1.07 bits per heavy atom. The molecule has 6 unspecified atom stereocenters. The van der Waals surface area contributed by atoms with E-state index in [0.717, 1.165) is 96.3 Å². The van der Waals surface area contributed by atoms with Gasteiger partial charge in [0.1, 0.15) is 30.5 Å². The van der Waals surface area contributed by atoms with E-state index in [0.29, 0.717) is 13.0 Å². The van der Waals surface area contributed by atoms with Crippen LogP contribution in [-0.4, -0.2) is 89.6 Å². The van der Waals surface area contributed by atoms with Crippen LogP contribution in [0.2, 0.25) is 0 Å². The van der Waals surface area contributed by atoms with Crippen molar-refractivity contribution in [2.45, 2.75) is 198 Å². The molecular formula is C48H82O9. The molecule has 0 bridgehead atoms. The van der Waals surface area contributed by atoms with Crippen LogP contribution >= 0.6 is 0 Å². The summed E-state index contributed by atoms with van der Waals surface area (Å²) in [5.41, 5.74) is 0. The van der Waals surface area contributed by atoms with Gasteiger partial charge in [-0.05, 0) is 77.0 Å². The first-order chi connectivity index (χ1) is 27.9. The van der Waals surface area contributed by atoms with Crippen LogP contribution in [0, 0.1) is 0 Å². The second-order valence-electron chi connectivity index (χ2n) is 15.1. The Bertz CT molecular complexity index is 1100. The molecule has 6 atom stereocenters. The molecule has 1 fully saturated rings. The molecule has 0 aliphatic carbocycles. The third-order valence-corrected chi connectivity index (χ3v) is 9.84. The monoisotopic (exact) mass is 803 g/mol. The van der Waals surface area contributed by atoms with Crippen molar-refractivity contribution >= 4 is 5.97 Å². The normalized spacial score (nSPS) is 21.1. The number of carbonyl (C=O) groups is 1. The van der Waals surface area contributed by atoms with Crippen LogP contribution in [0.1, 0.15) is 162 Å². The van der Waals surface area contributed by atoms with E-state index in [4.69, 9.17) is 18.9 Å². The van der Waals surface area contributed by atoms with Gasteiger partial charge in [0.2, 0.25) is 0 Å². The number of hydrogen-bond donors (Lipinski definition) is 4. The Labute approximate surface area is 347 Å². The second kappa shape index (κ2) is 39.1. The zero-order chi connectivity index (χ0) is 41.4. The molecule has 1 rings (SSSR count). The fourth-order valence-electron chi connectivity index (χ4n) is 6.34. The van der Waals surface area contributed by atoms with Crippen LogP contribution in [0.5, 0.6) is 0 Å². The molecule has 328 valence electrons. The lowest BCUT2D eigenvalue weighted by atomic mass is 9.99. The van der Waals surface area contributed by atoms with Crippen molar-refractivity contribution in [3.8, 4) is 0 Å². The summed E-state index contributed by atoms with van der Waals surface area (Å²) in [6.07, 6.45) is 43.6. The first-order valence-corrected chi connectivity index (χ1v) is 22.5. The van der Waals surface area contributed by atoms with E-state index in [1.54, 1.807) is 0 Å². The number of carbonyl (C=O) groups excluding carboxylic acids is 1. The van der Waals surface area contributed by atoms with E-state index < -0.39 is 43.4 Å². The van der Waals surface area contributed by atoms with Crippen LogP contribution in [0.4, 0.5) is 0 Å². The van der Waals surface area contributed by atoms with E-state index in [1.165, 1.54) is 44.9 Å². The van der Waals surface area contributed by atoms with E-state index >= 15 is 0 Å². The lowest BCUT2D eigenvalue weighted by Crippen LogP contribution is -2.59. The van der Waals surface area contributed by atoms with Gasteiger partial charge in [0.05, 0.1) is 19.8 Å².